The zero-order chi connectivity index (χ0) is 12.3. The Morgan fingerprint density at radius 1 is 1.29 bits per heavy atom. The molecule has 1 N–H and O–H groups in total. The van der Waals surface area contributed by atoms with Crippen molar-refractivity contribution in [2.45, 2.75) is 19.1 Å². The molecule has 0 saturated heterocycles. The van der Waals surface area contributed by atoms with Crippen molar-refractivity contribution in [2.24, 2.45) is 0 Å². The monoisotopic (exact) mass is 232 g/mol. The lowest BCUT2D eigenvalue weighted by molar-refractivity contribution is 0.115. The molecule has 4 heteroatoms. The molecule has 2 atom stereocenters. The van der Waals surface area contributed by atoms with Gasteiger partial charge in [-0.2, -0.15) is 5.10 Å². The largest absolute Gasteiger partial charge is 0.497 e. The molecule has 0 aliphatic rings. The van der Waals surface area contributed by atoms with Crippen LogP contribution in [0.5, 0.6) is 5.75 Å². The number of benzene rings is 1. The van der Waals surface area contributed by atoms with Gasteiger partial charge in [-0.05, 0) is 30.7 Å². The topological polar surface area (TPSA) is 47.3 Å². The Morgan fingerprint density at radius 2 is 2.00 bits per heavy atom. The summed E-state index contributed by atoms with van der Waals surface area (Å²) in [6.07, 6.45) is 2.97. The van der Waals surface area contributed by atoms with Crippen molar-refractivity contribution >= 4 is 0 Å². The van der Waals surface area contributed by atoms with Gasteiger partial charge in [-0.1, -0.05) is 12.1 Å². The van der Waals surface area contributed by atoms with Gasteiger partial charge in [0.15, 0.2) is 0 Å². The summed E-state index contributed by atoms with van der Waals surface area (Å²) in [4.78, 5) is 0. The van der Waals surface area contributed by atoms with Gasteiger partial charge in [0, 0.05) is 12.4 Å². The lowest BCUT2D eigenvalue weighted by Crippen LogP contribution is -2.15. The van der Waals surface area contributed by atoms with Gasteiger partial charge in [-0.25, -0.2) is 0 Å². The van der Waals surface area contributed by atoms with E-state index in [0.29, 0.717) is 0 Å². The third-order valence-electron chi connectivity index (χ3n) is 2.86. The van der Waals surface area contributed by atoms with E-state index in [1.165, 1.54) is 0 Å². The van der Waals surface area contributed by atoms with Crippen molar-refractivity contribution in [3.63, 3.8) is 0 Å². The number of aliphatic hydroxyl groups excluding tert-OH is 1. The summed E-state index contributed by atoms with van der Waals surface area (Å²) in [7, 11) is 1.62. The molecule has 90 valence electrons. The van der Waals surface area contributed by atoms with Crippen LogP contribution >= 0.6 is 0 Å². The van der Waals surface area contributed by atoms with E-state index in [4.69, 9.17) is 4.74 Å². The Bertz CT molecular complexity index is 451. The van der Waals surface area contributed by atoms with Gasteiger partial charge in [0.2, 0.25) is 0 Å². The van der Waals surface area contributed by atoms with E-state index in [2.05, 4.69) is 5.10 Å². The van der Waals surface area contributed by atoms with Gasteiger partial charge in [-0.15, -0.1) is 0 Å². The minimum atomic E-state index is -0.583. The van der Waals surface area contributed by atoms with Crippen molar-refractivity contribution in [2.75, 3.05) is 7.11 Å². The number of aliphatic hydroxyl groups is 1. The van der Waals surface area contributed by atoms with E-state index in [1.807, 2.05) is 43.5 Å². The summed E-state index contributed by atoms with van der Waals surface area (Å²) < 4.78 is 6.83. The molecule has 1 aromatic heterocycles. The predicted octanol–water partition coefficient (Wildman–Crippen LogP) is 2.19. The van der Waals surface area contributed by atoms with E-state index >= 15 is 0 Å². The molecule has 0 bridgehead atoms. The molecule has 0 spiro atoms. The number of nitrogens with zero attached hydrogens (tertiary/aromatic N) is 2. The van der Waals surface area contributed by atoms with Gasteiger partial charge < -0.3 is 9.84 Å². The van der Waals surface area contributed by atoms with Crippen LogP contribution in [0.15, 0.2) is 42.7 Å². The maximum Gasteiger partial charge on any atom is 0.118 e. The highest BCUT2D eigenvalue weighted by molar-refractivity contribution is 5.28. The molecule has 0 saturated carbocycles. The van der Waals surface area contributed by atoms with E-state index in [1.54, 1.807) is 18.0 Å². The highest BCUT2D eigenvalue weighted by Gasteiger charge is 2.17. The van der Waals surface area contributed by atoms with Crippen molar-refractivity contribution in [1.82, 2.24) is 9.78 Å². The summed E-state index contributed by atoms with van der Waals surface area (Å²) in [6, 6.07) is 9.16. The fraction of sp³-hybridized carbons (Fsp3) is 0.308. The van der Waals surface area contributed by atoms with Crippen molar-refractivity contribution < 1.29 is 9.84 Å². The first kappa shape index (κ1) is 11.7. The number of hydrogen-bond acceptors (Lipinski definition) is 3. The summed E-state index contributed by atoms with van der Waals surface area (Å²) in [5, 5.41) is 14.4. The molecule has 2 aromatic rings. The second kappa shape index (κ2) is 5.01. The summed E-state index contributed by atoms with van der Waals surface area (Å²) in [6.45, 7) is 1.93. The molecule has 0 aliphatic carbocycles. The molecule has 0 fully saturated rings. The third-order valence-corrected chi connectivity index (χ3v) is 2.86. The van der Waals surface area contributed by atoms with E-state index in [0.717, 1.165) is 11.3 Å². The number of ether oxygens (including phenoxy) is 1. The predicted molar refractivity (Wildman–Crippen MR) is 64.9 cm³/mol. The summed E-state index contributed by atoms with van der Waals surface area (Å²) >= 11 is 0. The molecule has 1 heterocycles. The van der Waals surface area contributed by atoms with Crippen LogP contribution < -0.4 is 4.74 Å². The van der Waals surface area contributed by atoms with Gasteiger partial charge >= 0.3 is 0 Å². The number of aromatic nitrogens is 2. The molecule has 2 unspecified atom stereocenters. The second-order valence-electron chi connectivity index (χ2n) is 3.94. The van der Waals surface area contributed by atoms with Crippen LogP contribution in [0.3, 0.4) is 0 Å². The van der Waals surface area contributed by atoms with Crippen molar-refractivity contribution in [1.29, 1.82) is 0 Å². The SMILES string of the molecule is COc1ccc(C(O)C(C)n2cccn2)cc1. The summed E-state index contributed by atoms with van der Waals surface area (Å²) in [5.74, 6) is 0.785. The standard InChI is InChI=1S/C13H16N2O2/c1-10(15-9-3-8-14-15)13(16)11-4-6-12(17-2)7-5-11/h3-10,13,16H,1-2H3. The fourth-order valence-electron chi connectivity index (χ4n) is 1.75. The fourth-order valence-corrected chi connectivity index (χ4v) is 1.75. The lowest BCUT2D eigenvalue weighted by Gasteiger charge is -2.19. The first-order valence-electron chi connectivity index (χ1n) is 5.53. The average molecular weight is 232 g/mol. The quantitative estimate of drug-likeness (QED) is 0.879. The minimum Gasteiger partial charge on any atom is -0.497 e. The highest BCUT2D eigenvalue weighted by Crippen LogP contribution is 2.26. The molecule has 4 nitrogen and oxygen atoms in total. The van der Waals surface area contributed by atoms with Gasteiger partial charge in [0.05, 0.1) is 13.2 Å². The first-order valence-corrected chi connectivity index (χ1v) is 5.53. The Labute approximate surface area is 100 Å². The van der Waals surface area contributed by atoms with Gasteiger partial charge in [0.25, 0.3) is 0 Å². The van der Waals surface area contributed by atoms with Crippen LogP contribution in [-0.4, -0.2) is 22.0 Å². The van der Waals surface area contributed by atoms with E-state index in [9.17, 15) is 5.11 Å². The maximum absolute atomic E-state index is 10.2. The lowest BCUT2D eigenvalue weighted by atomic mass is 10.0. The van der Waals surface area contributed by atoms with Crippen molar-refractivity contribution in [3.8, 4) is 5.75 Å². The van der Waals surface area contributed by atoms with Gasteiger partial charge in [-0.3, -0.25) is 4.68 Å². The summed E-state index contributed by atoms with van der Waals surface area (Å²) in [5.41, 5.74) is 0.855. The Balaban J connectivity index is 2.16. The Hall–Kier alpha value is -1.81. The van der Waals surface area contributed by atoms with Crippen LogP contribution in [0.2, 0.25) is 0 Å². The Kier molecular flexibility index (Phi) is 3.44. The molecule has 0 amide bonds. The molecule has 17 heavy (non-hydrogen) atoms. The molecule has 2 rings (SSSR count). The average Bonchev–Trinajstić information content (AvgIpc) is 2.91. The van der Waals surface area contributed by atoms with E-state index < -0.39 is 6.10 Å². The maximum atomic E-state index is 10.2. The zero-order valence-electron chi connectivity index (χ0n) is 9.95. The third kappa shape index (κ3) is 2.47. The molecular formula is C13H16N2O2. The molecule has 0 aliphatic heterocycles. The normalized spacial score (nSPS) is 14.3. The van der Waals surface area contributed by atoms with Crippen molar-refractivity contribution in [3.05, 3.63) is 48.3 Å². The number of rotatable bonds is 4. The van der Waals surface area contributed by atoms with Crippen LogP contribution in [0.25, 0.3) is 0 Å². The first-order chi connectivity index (χ1) is 8.22. The van der Waals surface area contributed by atoms with E-state index in [-0.39, 0.29) is 6.04 Å². The van der Waals surface area contributed by atoms with Crippen LogP contribution in [0, 0.1) is 0 Å². The molecular weight excluding hydrogens is 216 g/mol. The smallest absolute Gasteiger partial charge is 0.118 e. The minimum absolute atomic E-state index is 0.0987. The van der Waals surface area contributed by atoms with Crippen LogP contribution in [0.1, 0.15) is 24.6 Å². The van der Waals surface area contributed by atoms with Crippen LogP contribution in [-0.2, 0) is 0 Å². The highest BCUT2D eigenvalue weighted by atomic mass is 16.5. The second-order valence-corrected chi connectivity index (χ2v) is 3.94. The zero-order valence-corrected chi connectivity index (χ0v) is 9.95. The number of methoxy groups -OCH3 is 1. The molecule has 1 aromatic carbocycles. The Morgan fingerprint density at radius 3 is 2.53 bits per heavy atom. The van der Waals surface area contributed by atoms with Crippen LogP contribution in [0.4, 0.5) is 0 Å². The number of hydrogen-bond donors (Lipinski definition) is 1. The molecule has 0 radical (unpaired) electrons. The van der Waals surface area contributed by atoms with Gasteiger partial charge in [0.1, 0.15) is 11.9 Å².